The molecule has 0 spiro atoms. The van der Waals surface area contributed by atoms with Crippen LogP contribution in [0.1, 0.15) is 31.2 Å². The second kappa shape index (κ2) is 6.65. The molecule has 1 nitrogen and oxygen atoms in total. The van der Waals surface area contributed by atoms with E-state index in [-0.39, 0.29) is 24.6 Å². The number of benzene rings is 1. The molecule has 0 bridgehead atoms. The first kappa shape index (κ1) is 16.7. The number of rotatable bonds is 3. The van der Waals surface area contributed by atoms with E-state index >= 15 is 0 Å². The van der Waals surface area contributed by atoms with Crippen LogP contribution in [0.4, 0.5) is 17.6 Å². The summed E-state index contributed by atoms with van der Waals surface area (Å²) >= 11 is 3.08. The standard InChI is InChI=1S/C15H17BrF4O/c16-12-7-9(1-6-13(12)17)8-14(21)10-2-4-11(5-3-10)15(18,19)20/h1,6-7,10-11,14,21H,2-5,8H2. The Balaban J connectivity index is 1.90. The molecule has 1 aliphatic rings. The molecular weight excluding hydrogens is 352 g/mol. The summed E-state index contributed by atoms with van der Waals surface area (Å²) in [6.45, 7) is 0. The zero-order valence-electron chi connectivity index (χ0n) is 11.3. The van der Waals surface area contributed by atoms with Crippen LogP contribution in [-0.2, 0) is 6.42 Å². The Morgan fingerprint density at radius 3 is 2.33 bits per heavy atom. The Bertz CT molecular complexity index is 481. The van der Waals surface area contributed by atoms with Gasteiger partial charge in [0, 0.05) is 0 Å². The summed E-state index contributed by atoms with van der Waals surface area (Å²) in [7, 11) is 0. The van der Waals surface area contributed by atoms with E-state index in [2.05, 4.69) is 15.9 Å². The Hall–Kier alpha value is -0.620. The van der Waals surface area contributed by atoms with E-state index in [0.29, 0.717) is 23.7 Å². The normalized spacial score (nSPS) is 24.9. The lowest BCUT2D eigenvalue weighted by Gasteiger charge is -2.32. The van der Waals surface area contributed by atoms with Gasteiger partial charge in [0.25, 0.3) is 0 Å². The lowest BCUT2D eigenvalue weighted by molar-refractivity contribution is -0.185. The molecule has 1 unspecified atom stereocenters. The maximum atomic E-state index is 13.1. The molecule has 0 radical (unpaired) electrons. The predicted molar refractivity (Wildman–Crippen MR) is 75.3 cm³/mol. The first-order chi connectivity index (χ1) is 9.77. The molecule has 1 atom stereocenters. The molecule has 118 valence electrons. The molecule has 21 heavy (non-hydrogen) atoms. The van der Waals surface area contributed by atoms with Crippen LogP contribution in [-0.4, -0.2) is 17.4 Å². The van der Waals surface area contributed by atoms with Crippen LogP contribution in [0.25, 0.3) is 0 Å². The molecular formula is C15H17BrF4O. The third-order valence-corrected chi connectivity index (χ3v) is 4.82. The fraction of sp³-hybridized carbons (Fsp3) is 0.600. The minimum absolute atomic E-state index is 0.0817. The summed E-state index contributed by atoms with van der Waals surface area (Å²) in [6.07, 6.45) is -3.55. The summed E-state index contributed by atoms with van der Waals surface area (Å²) in [5, 5.41) is 10.2. The molecule has 1 saturated carbocycles. The Morgan fingerprint density at radius 1 is 1.19 bits per heavy atom. The molecule has 2 rings (SSSR count). The van der Waals surface area contributed by atoms with Gasteiger partial charge in [-0.15, -0.1) is 0 Å². The highest BCUT2D eigenvalue weighted by Crippen LogP contribution is 2.40. The predicted octanol–water partition coefficient (Wildman–Crippen LogP) is 4.86. The molecule has 1 aromatic carbocycles. The molecule has 1 N–H and O–H groups in total. The molecule has 6 heteroatoms. The monoisotopic (exact) mass is 368 g/mol. The van der Waals surface area contributed by atoms with Crippen LogP contribution in [0.5, 0.6) is 0 Å². The van der Waals surface area contributed by atoms with E-state index in [1.807, 2.05) is 0 Å². The lowest BCUT2D eigenvalue weighted by atomic mass is 9.78. The van der Waals surface area contributed by atoms with Gasteiger partial charge in [0.05, 0.1) is 16.5 Å². The summed E-state index contributed by atoms with van der Waals surface area (Å²) in [5.41, 5.74) is 0.772. The third kappa shape index (κ3) is 4.42. The van der Waals surface area contributed by atoms with Gasteiger partial charge >= 0.3 is 6.18 Å². The highest BCUT2D eigenvalue weighted by Gasteiger charge is 2.42. The number of aliphatic hydroxyl groups excluding tert-OH is 1. The van der Waals surface area contributed by atoms with E-state index in [1.54, 1.807) is 12.1 Å². The second-order valence-corrected chi connectivity index (χ2v) is 6.53. The summed E-state index contributed by atoms with van der Waals surface area (Å²) < 4.78 is 51.2. The zero-order valence-corrected chi connectivity index (χ0v) is 12.9. The van der Waals surface area contributed by atoms with Crippen LogP contribution < -0.4 is 0 Å². The summed E-state index contributed by atoms with van der Waals surface area (Å²) in [4.78, 5) is 0. The van der Waals surface area contributed by atoms with Crippen molar-refractivity contribution in [3.8, 4) is 0 Å². The van der Waals surface area contributed by atoms with Crippen LogP contribution >= 0.6 is 15.9 Å². The minimum Gasteiger partial charge on any atom is -0.392 e. The van der Waals surface area contributed by atoms with Gasteiger partial charge in [0.15, 0.2) is 0 Å². The highest BCUT2D eigenvalue weighted by molar-refractivity contribution is 9.10. The molecule has 0 aromatic heterocycles. The number of hydrogen-bond acceptors (Lipinski definition) is 1. The fourth-order valence-corrected chi connectivity index (χ4v) is 3.33. The third-order valence-electron chi connectivity index (χ3n) is 4.21. The zero-order chi connectivity index (χ0) is 15.6. The second-order valence-electron chi connectivity index (χ2n) is 5.67. The quantitative estimate of drug-likeness (QED) is 0.755. The number of alkyl halides is 3. The van der Waals surface area contributed by atoms with Crippen molar-refractivity contribution in [3.05, 3.63) is 34.1 Å². The molecule has 1 fully saturated rings. The Labute approximate surface area is 129 Å². The Morgan fingerprint density at radius 2 is 1.81 bits per heavy atom. The van der Waals surface area contributed by atoms with Crippen molar-refractivity contribution < 1.29 is 22.7 Å². The number of aliphatic hydroxyl groups is 1. The van der Waals surface area contributed by atoms with Gasteiger partial charge in [-0.25, -0.2) is 4.39 Å². The van der Waals surface area contributed by atoms with Gasteiger partial charge in [0.2, 0.25) is 0 Å². The van der Waals surface area contributed by atoms with Crippen LogP contribution in [0.2, 0.25) is 0 Å². The van der Waals surface area contributed by atoms with Gasteiger partial charge in [-0.3, -0.25) is 0 Å². The highest BCUT2D eigenvalue weighted by atomic mass is 79.9. The average molecular weight is 369 g/mol. The van der Waals surface area contributed by atoms with Crippen molar-refractivity contribution in [1.29, 1.82) is 0 Å². The maximum Gasteiger partial charge on any atom is 0.391 e. The van der Waals surface area contributed by atoms with E-state index in [9.17, 15) is 22.7 Å². The van der Waals surface area contributed by atoms with Crippen molar-refractivity contribution in [3.63, 3.8) is 0 Å². The van der Waals surface area contributed by atoms with E-state index in [1.165, 1.54) is 6.07 Å². The van der Waals surface area contributed by atoms with Gasteiger partial charge in [-0.1, -0.05) is 6.07 Å². The summed E-state index contributed by atoms with van der Waals surface area (Å²) in [6, 6.07) is 4.50. The Kier molecular flexibility index (Phi) is 5.30. The van der Waals surface area contributed by atoms with E-state index < -0.39 is 18.2 Å². The molecule has 1 aromatic rings. The van der Waals surface area contributed by atoms with E-state index in [0.717, 1.165) is 5.56 Å². The number of hydrogen-bond donors (Lipinski definition) is 1. The average Bonchev–Trinajstić information content (AvgIpc) is 2.42. The smallest absolute Gasteiger partial charge is 0.391 e. The van der Waals surface area contributed by atoms with Crippen molar-refractivity contribution in [1.82, 2.24) is 0 Å². The van der Waals surface area contributed by atoms with Crippen LogP contribution in [0.3, 0.4) is 0 Å². The van der Waals surface area contributed by atoms with Crippen molar-refractivity contribution >= 4 is 15.9 Å². The van der Waals surface area contributed by atoms with Gasteiger partial charge in [-0.05, 0) is 71.6 Å². The first-order valence-corrected chi connectivity index (χ1v) is 7.75. The molecule has 0 heterocycles. The van der Waals surface area contributed by atoms with Crippen LogP contribution in [0.15, 0.2) is 22.7 Å². The molecule has 1 aliphatic carbocycles. The number of halogens is 5. The largest absolute Gasteiger partial charge is 0.392 e. The topological polar surface area (TPSA) is 20.2 Å². The van der Waals surface area contributed by atoms with Gasteiger partial charge < -0.3 is 5.11 Å². The van der Waals surface area contributed by atoms with Gasteiger partial charge in [0.1, 0.15) is 5.82 Å². The SMILES string of the molecule is OC(Cc1ccc(F)c(Br)c1)C1CCC(C(F)(F)F)CC1. The fourth-order valence-electron chi connectivity index (χ4n) is 2.91. The lowest BCUT2D eigenvalue weighted by Crippen LogP contribution is -2.32. The maximum absolute atomic E-state index is 13.1. The van der Waals surface area contributed by atoms with Crippen molar-refractivity contribution in [2.24, 2.45) is 11.8 Å². The van der Waals surface area contributed by atoms with Crippen molar-refractivity contribution in [2.75, 3.05) is 0 Å². The molecule has 0 saturated heterocycles. The van der Waals surface area contributed by atoms with Gasteiger partial charge in [-0.2, -0.15) is 13.2 Å². The van der Waals surface area contributed by atoms with E-state index in [4.69, 9.17) is 0 Å². The van der Waals surface area contributed by atoms with Crippen molar-refractivity contribution in [2.45, 2.75) is 44.4 Å². The van der Waals surface area contributed by atoms with Crippen LogP contribution in [0, 0.1) is 17.7 Å². The first-order valence-electron chi connectivity index (χ1n) is 6.96. The summed E-state index contributed by atoms with van der Waals surface area (Å²) in [5.74, 6) is -1.73. The molecule has 0 amide bonds. The molecule has 0 aliphatic heterocycles. The minimum atomic E-state index is -4.13.